The molecule has 176 valence electrons. The van der Waals surface area contributed by atoms with E-state index in [1.165, 1.54) is 24.3 Å². The topological polar surface area (TPSA) is 52.3 Å². The zero-order valence-corrected chi connectivity index (χ0v) is 19.6. The van der Waals surface area contributed by atoms with Crippen molar-refractivity contribution in [3.05, 3.63) is 89.2 Å². The van der Waals surface area contributed by atoms with Crippen molar-refractivity contribution in [3.63, 3.8) is 0 Å². The maximum Gasteiger partial charge on any atom is 0.337 e. The van der Waals surface area contributed by atoms with Crippen LogP contribution in [-0.4, -0.2) is 13.1 Å². The van der Waals surface area contributed by atoms with E-state index in [1.54, 1.807) is 17.8 Å². The number of esters is 1. The summed E-state index contributed by atoms with van der Waals surface area (Å²) < 4.78 is 18.4. The first-order chi connectivity index (χ1) is 15.5. The molecule has 4 rings (SSSR count). The van der Waals surface area contributed by atoms with Gasteiger partial charge in [-0.15, -0.1) is 0 Å². The van der Waals surface area contributed by atoms with Crippen LogP contribution in [-0.2, 0) is 11.2 Å². The molecule has 0 aliphatic heterocycles. The molecule has 3 nitrogen and oxygen atoms in total. The number of rotatable bonds is 6. The Hall–Kier alpha value is -2.79. The van der Waals surface area contributed by atoms with Gasteiger partial charge in [-0.05, 0) is 84.7 Å². The fourth-order valence-electron chi connectivity index (χ4n) is 3.96. The summed E-state index contributed by atoms with van der Waals surface area (Å²) in [6.07, 6.45) is 3.34. The molecule has 0 heterocycles. The number of carbonyl (C=O) groups is 1. The molecule has 1 aliphatic rings. The highest BCUT2D eigenvalue weighted by Crippen LogP contribution is 2.43. The first kappa shape index (κ1) is 26.5. The second-order valence-corrected chi connectivity index (χ2v) is 8.93. The third-order valence-electron chi connectivity index (χ3n) is 5.67. The predicted octanol–water partition coefficient (Wildman–Crippen LogP) is 7.74. The third kappa shape index (κ3) is 6.84. The van der Waals surface area contributed by atoms with Gasteiger partial charge >= 0.3 is 5.97 Å². The number of hydrogen-bond acceptors (Lipinski definition) is 4. The lowest BCUT2D eigenvalue weighted by Gasteiger charge is -2.36. The van der Waals surface area contributed by atoms with Crippen LogP contribution >= 0.6 is 11.8 Å². The minimum absolute atomic E-state index is 0. The zero-order valence-electron chi connectivity index (χ0n) is 18.8. The van der Waals surface area contributed by atoms with Crippen LogP contribution in [0.4, 0.5) is 10.1 Å². The maximum absolute atomic E-state index is 13.7. The fraction of sp³-hybridized carbons (Fsp3) is 0.321. The fourth-order valence-corrected chi connectivity index (χ4v) is 4.89. The molecule has 0 unspecified atom stereocenters. The molecule has 3 aromatic rings. The Kier molecular flexibility index (Phi) is 9.98. The Morgan fingerprint density at radius 1 is 1.03 bits per heavy atom. The van der Waals surface area contributed by atoms with Gasteiger partial charge in [0.1, 0.15) is 5.82 Å². The molecule has 33 heavy (non-hydrogen) atoms. The number of halogens is 1. The van der Waals surface area contributed by atoms with Crippen molar-refractivity contribution in [1.82, 2.24) is 0 Å². The Labute approximate surface area is 201 Å². The van der Waals surface area contributed by atoms with Gasteiger partial charge < -0.3 is 10.5 Å². The normalized spacial score (nSPS) is 16.5. The van der Waals surface area contributed by atoms with Crippen LogP contribution in [0.5, 0.6) is 0 Å². The number of nitrogen functional groups attached to an aromatic ring is 1. The summed E-state index contributed by atoms with van der Waals surface area (Å²) >= 11 is 1.55. The Bertz CT molecular complexity index is 1050. The molecular formula is C28H34FNO2S. The number of nitrogens with two attached hydrogens (primary N) is 1. The SMILES string of the molecule is C.CC.COC(=O)c1ccc(C2CC(Cc3cccc(Sc4ccc(N)c(F)c4)c3)C2)cc1. The number of carbonyl (C=O) groups excluding carboxylic acids is 1. The molecular weight excluding hydrogens is 433 g/mol. The molecule has 2 N–H and O–H groups in total. The molecule has 1 fully saturated rings. The van der Waals surface area contributed by atoms with Crippen LogP contribution < -0.4 is 5.73 Å². The van der Waals surface area contributed by atoms with Crippen LogP contribution in [0.3, 0.4) is 0 Å². The van der Waals surface area contributed by atoms with Crippen LogP contribution in [0.2, 0.25) is 0 Å². The lowest BCUT2D eigenvalue weighted by atomic mass is 9.69. The van der Waals surface area contributed by atoms with Gasteiger partial charge in [0.05, 0.1) is 18.4 Å². The van der Waals surface area contributed by atoms with Crippen LogP contribution in [0.15, 0.2) is 76.5 Å². The van der Waals surface area contributed by atoms with Gasteiger partial charge in [0, 0.05) is 9.79 Å². The number of ether oxygens (including phenoxy) is 1. The molecule has 0 radical (unpaired) electrons. The second-order valence-electron chi connectivity index (χ2n) is 7.78. The van der Waals surface area contributed by atoms with Crippen molar-refractivity contribution in [2.75, 3.05) is 12.8 Å². The van der Waals surface area contributed by atoms with E-state index in [9.17, 15) is 9.18 Å². The minimum Gasteiger partial charge on any atom is -0.465 e. The standard InChI is InChI=1S/C25H24FNO2S.C2H6.CH4/c1-29-25(28)19-7-5-18(6-8-19)20-12-17(13-20)11-16-3-2-4-21(14-16)30-22-9-10-24(27)23(26)15-22;1-2;/h2-10,14-15,17,20H,11-13,27H2,1H3;1-2H3;1H4. The highest BCUT2D eigenvalue weighted by atomic mass is 32.2. The van der Waals surface area contributed by atoms with E-state index >= 15 is 0 Å². The largest absolute Gasteiger partial charge is 0.465 e. The number of methoxy groups -OCH3 is 1. The van der Waals surface area contributed by atoms with E-state index in [2.05, 4.69) is 24.3 Å². The van der Waals surface area contributed by atoms with Crippen molar-refractivity contribution in [2.24, 2.45) is 5.92 Å². The van der Waals surface area contributed by atoms with E-state index in [0.717, 1.165) is 29.1 Å². The Morgan fingerprint density at radius 3 is 2.33 bits per heavy atom. The Morgan fingerprint density at radius 2 is 1.70 bits per heavy atom. The highest BCUT2D eigenvalue weighted by Gasteiger charge is 2.30. The van der Waals surface area contributed by atoms with Crippen LogP contribution in [0, 0.1) is 11.7 Å². The van der Waals surface area contributed by atoms with Crippen molar-refractivity contribution >= 4 is 23.4 Å². The van der Waals surface area contributed by atoms with Gasteiger partial charge in [0.2, 0.25) is 0 Å². The number of anilines is 1. The predicted molar refractivity (Wildman–Crippen MR) is 136 cm³/mol. The van der Waals surface area contributed by atoms with Crippen LogP contribution in [0.25, 0.3) is 0 Å². The number of benzene rings is 3. The highest BCUT2D eigenvalue weighted by molar-refractivity contribution is 7.99. The molecule has 0 atom stereocenters. The molecule has 5 heteroatoms. The summed E-state index contributed by atoms with van der Waals surface area (Å²) in [5.41, 5.74) is 8.91. The van der Waals surface area contributed by atoms with Gasteiger partial charge in [-0.2, -0.15) is 0 Å². The number of hydrogen-bond donors (Lipinski definition) is 1. The van der Waals surface area contributed by atoms with E-state index < -0.39 is 0 Å². The third-order valence-corrected chi connectivity index (χ3v) is 6.65. The molecule has 1 saturated carbocycles. The summed E-state index contributed by atoms with van der Waals surface area (Å²) in [6.45, 7) is 4.00. The van der Waals surface area contributed by atoms with Gasteiger partial charge in [0.15, 0.2) is 0 Å². The van der Waals surface area contributed by atoms with Gasteiger partial charge in [-0.3, -0.25) is 0 Å². The lowest BCUT2D eigenvalue weighted by molar-refractivity contribution is 0.0600. The monoisotopic (exact) mass is 467 g/mol. The zero-order chi connectivity index (χ0) is 23.1. The summed E-state index contributed by atoms with van der Waals surface area (Å²) in [5, 5.41) is 0. The van der Waals surface area contributed by atoms with Crippen molar-refractivity contribution in [2.45, 2.75) is 56.2 Å². The van der Waals surface area contributed by atoms with E-state index in [4.69, 9.17) is 10.5 Å². The quantitative estimate of drug-likeness (QED) is 0.297. The van der Waals surface area contributed by atoms with E-state index in [0.29, 0.717) is 17.4 Å². The molecule has 0 aromatic heterocycles. The lowest BCUT2D eigenvalue weighted by Crippen LogP contribution is -2.23. The molecule has 0 spiro atoms. The second kappa shape index (κ2) is 12.4. The van der Waals surface area contributed by atoms with Gasteiger partial charge in [-0.1, -0.05) is 57.3 Å². The Balaban J connectivity index is 0.00000125. The van der Waals surface area contributed by atoms with Gasteiger partial charge in [0.25, 0.3) is 0 Å². The minimum atomic E-state index is -0.378. The summed E-state index contributed by atoms with van der Waals surface area (Å²) in [7, 11) is 1.40. The van der Waals surface area contributed by atoms with E-state index in [1.807, 2.05) is 44.2 Å². The molecule has 0 bridgehead atoms. The summed E-state index contributed by atoms with van der Waals surface area (Å²) in [6, 6.07) is 21.2. The van der Waals surface area contributed by atoms with E-state index in [-0.39, 0.29) is 24.9 Å². The first-order valence-corrected chi connectivity index (χ1v) is 11.8. The average Bonchev–Trinajstić information content (AvgIpc) is 2.80. The van der Waals surface area contributed by atoms with Crippen molar-refractivity contribution in [1.29, 1.82) is 0 Å². The maximum atomic E-state index is 13.7. The van der Waals surface area contributed by atoms with Crippen molar-refractivity contribution < 1.29 is 13.9 Å². The smallest absolute Gasteiger partial charge is 0.337 e. The van der Waals surface area contributed by atoms with Crippen LogP contribution in [0.1, 0.15) is 61.5 Å². The molecule has 0 amide bonds. The average molecular weight is 468 g/mol. The van der Waals surface area contributed by atoms with Gasteiger partial charge in [-0.25, -0.2) is 9.18 Å². The molecule has 3 aromatic carbocycles. The molecule has 0 saturated heterocycles. The summed E-state index contributed by atoms with van der Waals surface area (Å²) in [4.78, 5) is 13.5. The first-order valence-electron chi connectivity index (χ1n) is 11.0. The summed E-state index contributed by atoms with van der Waals surface area (Å²) in [5.74, 6) is 0.533. The van der Waals surface area contributed by atoms with Crippen molar-refractivity contribution in [3.8, 4) is 0 Å². The molecule has 1 aliphatic carbocycles.